The molecule has 1 fully saturated rings. The van der Waals surface area contributed by atoms with Crippen LogP contribution in [0.15, 0.2) is 115 Å². The fourth-order valence-electron chi connectivity index (χ4n) is 5.75. The van der Waals surface area contributed by atoms with Crippen LogP contribution in [0.2, 0.25) is 5.02 Å². The molecule has 1 aliphatic heterocycles. The second-order valence-electron chi connectivity index (χ2n) is 12.5. The number of ether oxygens (including phenoxy) is 3. The lowest BCUT2D eigenvalue weighted by atomic mass is 10.1. The molecule has 5 aromatic rings. The van der Waals surface area contributed by atoms with E-state index in [2.05, 4.69) is 53.2 Å². The quantitative estimate of drug-likeness (QED) is 0.115. The van der Waals surface area contributed by atoms with Crippen molar-refractivity contribution in [2.75, 3.05) is 32.8 Å². The molecule has 1 saturated heterocycles. The zero-order valence-corrected chi connectivity index (χ0v) is 29.3. The molecule has 0 spiro atoms. The summed E-state index contributed by atoms with van der Waals surface area (Å²) >= 11 is 6.21. The average Bonchev–Trinajstić information content (AvgIpc) is 3.13. The van der Waals surface area contributed by atoms with Crippen LogP contribution in [0.3, 0.4) is 0 Å². The van der Waals surface area contributed by atoms with Gasteiger partial charge in [0.05, 0.1) is 12.8 Å². The minimum Gasteiger partial charge on any atom is -0.493 e. The van der Waals surface area contributed by atoms with Crippen molar-refractivity contribution in [3.05, 3.63) is 154 Å². The van der Waals surface area contributed by atoms with Gasteiger partial charge in [-0.25, -0.2) is 4.98 Å². The van der Waals surface area contributed by atoms with Crippen molar-refractivity contribution in [2.24, 2.45) is 0 Å². The zero-order valence-electron chi connectivity index (χ0n) is 28.6. The van der Waals surface area contributed by atoms with Crippen molar-refractivity contribution in [3.63, 3.8) is 0 Å². The van der Waals surface area contributed by atoms with Crippen LogP contribution in [0.4, 0.5) is 0 Å². The van der Waals surface area contributed by atoms with Crippen LogP contribution >= 0.6 is 11.6 Å². The van der Waals surface area contributed by atoms with Crippen LogP contribution in [0.1, 0.15) is 33.4 Å². The number of hydrogen-bond acceptors (Lipinski definition) is 6. The average molecular weight is 688 g/mol. The van der Waals surface area contributed by atoms with Crippen LogP contribution in [-0.4, -0.2) is 53.5 Å². The first-order valence-electron chi connectivity index (χ1n) is 17.0. The number of benzene rings is 4. The Bertz CT molecular complexity index is 1900. The number of nitrogens with zero attached hydrogens (tertiary/aromatic N) is 3. The van der Waals surface area contributed by atoms with Crippen molar-refractivity contribution in [1.82, 2.24) is 14.8 Å². The molecule has 4 aromatic carbocycles. The van der Waals surface area contributed by atoms with Crippen LogP contribution in [0.25, 0.3) is 6.08 Å². The molecular weight excluding hydrogens is 646 g/mol. The predicted octanol–water partition coefficient (Wildman–Crippen LogP) is 8.70. The van der Waals surface area contributed by atoms with Crippen molar-refractivity contribution in [1.29, 1.82) is 0 Å². The molecule has 0 unspecified atom stereocenters. The molecule has 7 nitrogen and oxygen atoms in total. The summed E-state index contributed by atoms with van der Waals surface area (Å²) in [6.45, 7) is 9.05. The molecule has 6 rings (SSSR count). The third kappa shape index (κ3) is 9.97. The first-order chi connectivity index (χ1) is 24.4. The molecule has 0 N–H and O–H groups in total. The summed E-state index contributed by atoms with van der Waals surface area (Å²) < 4.78 is 17.7. The number of hydrogen-bond donors (Lipinski definition) is 0. The SMILES string of the molecule is Cc1cccc(OCCc2ccc(CN3CCN(C(=O)C=Cc4ccc(Oc5ccc(OCc6ccccc6Cl)cn5)c(C)c4)CC3)cc2)c1. The Morgan fingerprint density at radius 2 is 1.62 bits per heavy atom. The van der Waals surface area contributed by atoms with Gasteiger partial charge in [-0.15, -0.1) is 0 Å². The molecule has 2 heterocycles. The summed E-state index contributed by atoms with van der Waals surface area (Å²) in [5.41, 5.74) is 6.53. The highest BCUT2D eigenvalue weighted by Crippen LogP contribution is 2.27. The molecule has 1 aliphatic rings. The molecule has 1 aromatic heterocycles. The normalized spacial score (nSPS) is 13.4. The Kier molecular flexibility index (Phi) is 11.8. The van der Waals surface area contributed by atoms with E-state index in [1.807, 2.05) is 78.6 Å². The molecule has 0 aliphatic carbocycles. The van der Waals surface area contributed by atoms with Crippen molar-refractivity contribution in [3.8, 4) is 23.1 Å². The van der Waals surface area contributed by atoms with Gasteiger partial charge >= 0.3 is 0 Å². The summed E-state index contributed by atoms with van der Waals surface area (Å²) in [7, 11) is 0. The summed E-state index contributed by atoms with van der Waals surface area (Å²) in [6, 6.07) is 33.9. The number of halogens is 1. The van der Waals surface area contributed by atoms with E-state index in [1.54, 1.807) is 18.3 Å². The van der Waals surface area contributed by atoms with Crippen LogP contribution in [-0.2, 0) is 24.4 Å². The van der Waals surface area contributed by atoms with E-state index in [1.165, 1.54) is 16.7 Å². The van der Waals surface area contributed by atoms with Crippen molar-refractivity contribution >= 4 is 23.6 Å². The maximum atomic E-state index is 13.0. The van der Waals surface area contributed by atoms with Gasteiger partial charge in [0.25, 0.3) is 0 Å². The number of aryl methyl sites for hydroxylation is 2. The van der Waals surface area contributed by atoms with Crippen LogP contribution < -0.4 is 14.2 Å². The molecule has 0 bridgehead atoms. The van der Waals surface area contributed by atoms with Gasteiger partial charge in [0.15, 0.2) is 0 Å². The Hall–Kier alpha value is -5.11. The Balaban J connectivity index is 0.915. The monoisotopic (exact) mass is 687 g/mol. The highest BCUT2D eigenvalue weighted by atomic mass is 35.5. The number of amides is 1. The van der Waals surface area contributed by atoms with Gasteiger partial charge in [0.2, 0.25) is 11.8 Å². The Morgan fingerprint density at radius 3 is 2.36 bits per heavy atom. The van der Waals surface area contributed by atoms with Crippen LogP contribution in [0, 0.1) is 13.8 Å². The second-order valence-corrected chi connectivity index (χ2v) is 12.9. The maximum absolute atomic E-state index is 13.0. The lowest BCUT2D eigenvalue weighted by Gasteiger charge is -2.34. The topological polar surface area (TPSA) is 64.1 Å². The van der Waals surface area contributed by atoms with Crippen LogP contribution in [0.5, 0.6) is 23.1 Å². The lowest BCUT2D eigenvalue weighted by molar-refractivity contribution is -0.127. The summed E-state index contributed by atoms with van der Waals surface area (Å²) in [6.07, 6.45) is 6.03. The molecule has 1 amide bonds. The lowest BCUT2D eigenvalue weighted by Crippen LogP contribution is -2.47. The Labute approximate surface area is 299 Å². The summed E-state index contributed by atoms with van der Waals surface area (Å²) in [5, 5.41) is 0.669. The van der Waals surface area contributed by atoms with E-state index in [-0.39, 0.29) is 5.91 Å². The maximum Gasteiger partial charge on any atom is 0.246 e. The predicted molar refractivity (Wildman–Crippen MR) is 199 cm³/mol. The number of pyridine rings is 1. The number of carbonyl (C=O) groups excluding carboxylic acids is 1. The van der Waals surface area contributed by atoms with E-state index in [0.717, 1.165) is 48.5 Å². The molecule has 0 saturated carbocycles. The minimum atomic E-state index is 0.0286. The van der Waals surface area contributed by atoms with E-state index in [9.17, 15) is 4.79 Å². The van der Waals surface area contributed by atoms with Gasteiger partial charge in [-0.3, -0.25) is 9.69 Å². The molecular formula is C42H42ClN3O4. The molecule has 0 atom stereocenters. The van der Waals surface area contributed by atoms with Gasteiger partial charge in [0, 0.05) is 61.9 Å². The van der Waals surface area contributed by atoms with Crippen molar-refractivity contribution < 1.29 is 19.0 Å². The van der Waals surface area contributed by atoms with Gasteiger partial charge in [-0.1, -0.05) is 72.3 Å². The number of rotatable bonds is 13. The largest absolute Gasteiger partial charge is 0.493 e. The van der Waals surface area contributed by atoms with E-state index >= 15 is 0 Å². The molecule has 8 heteroatoms. The van der Waals surface area contributed by atoms with Gasteiger partial charge in [-0.2, -0.15) is 0 Å². The van der Waals surface area contributed by atoms with Crippen molar-refractivity contribution in [2.45, 2.75) is 33.4 Å². The smallest absolute Gasteiger partial charge is 0.246 e. The zero-order chi connectivity index (χ0) is 34.7. The van der Waals surface area contributed by atoms with Gasteiger partial charge in [0.1, 0.15) is 23.9 Å². The number of carbonyl (C=O) groups is 1. The standard InChI is InChI=1S/C42H42ClN3O4/c1-31-6-5-8-37(26-31)48-25-20-33-10-12-35(13-11-33)29-45-21-23-46(24-22-45)42(47)19-15-34-14-17-40(32(2)27-34)50-41-18-16-38(28-44-41)49-30-36-7-3-4-9-39(36)43/h3-19,26-28H,20-25,29-30H2,1-2H3. The second kappa shape index (κ2) is 17.0. The molecule has 256 valence electrons. The van der Waals surface area contributed by atoms with Gasteiger partial charge in [-0.05, 0) is 84.1 Å². The van der Waals surface area contributed by atoms with Gasteiger partial charge < -0.3 is 19.1 Å². The minimum absolute atomic E-state index is 0.0286. The van der Waals surface area contributed by atoms with E-state index in [4.69, 9.17) is 25.8 Å². The number of aromatic nitrogens is 1. The van der Waals surface area contributed by atoms with E-state index < -0.39 is 0 Å². The highest BCUT2D eigenvalue weighted by molar-refractivity contribution is 6.31. The fraction of sp³-hybridized carbons (Fsp3) is 0.238. The first kappa shape index (κ1) is 34.7. The first-order valence-corrected chi connectivity index (χ1v) is 17.3. The fourth-order valence-corrected chi connectivity index (χ4v) is 5.94. The third-order valence-electron chi connectivity index (χ3n) is 8.66. The van der Waals surface area contributed by atoms with E-state index in [0.29, 0.717) is 48.7 Å². The Morgan fingerprint density at radius 1 is 0.820 bits per heavy atom. The number of piperazine rings is 1. The molecule has 50 heavy (non-hydrogen) atoms. The summed E-state index contributed by atoms with van der Waals surface area (Å²) in [4.78, 5) is 21.7. The molecule has 0 radical (unpaired) electrons. The third-order valence-corrected chi connectivity index (χ3v) is 9.02. The summed E-state index contributed by atoms with van der Waals surface area (Å²) in [5.74, 6) is 2.74. The highest BCUT2D eigenvalue weighted by Gasteiger charge is 2.19.